The zero-order valence-electron chi connectivity index (χ0n) is 15.2. The van der Waals surface area contributed by atoms with Crippen molar-refractivity contribution in [3.05, 3.63) is 52.8 Å². The van der Waals surface area contributed by atoms with Crippen LogP contribution >= 0.6 is 0 Å². The van der Waals surface area contributed by atoms with E-state index in [1.165, 1.54) is 0 Å². The van der Waals surface area contributed by atoms with Crippen molar-refractivity contribution in [2.24, 2.45) is 0 Å². The average Bonchev–Trinajstić information content (AvgIpc) is 2.84. The van der Waals surface area contributed by atoms with Gasteiger partial charge in [-0.2, -0.15) is 5.10 Å². The molecule has 6 heteroatoms. The summed E-state index contributed by atoms with van der Waals surface area (Å²) in [5.41, 5.74) is 3.58. The minimum absolute atomic E-state index is 0.0601. The summed E-state index contributed by atoms with van der Waals surface area (Å²) in [4.78, 5) is 25.2. The van der Waals surface area contributed by atoms with Crippen LogP contribution in [-0.4, -0.2) is 44.3 Å². The third-order valence-electron chi connectivity index (χ3n) is 4.06. The van der Waals surface area contributed by atoms with Crippen LogP contribution in [0.15, 0.2) is 30.3 Å². The normalized spacial score (nSPS) is 10.9. The number of carboxylic acids is 1. The Balaban J connectivity index is 2.19. The summed E-state index contributed by atoms with van der Waals surface area (Å²) in [7, 11) is 0. The number of rotatable bonds is 7. The van der Waals surface area contributed by atoms with E-state index in [1.807, 2.05) is 56.6 Å². The van der Waals surface area contributed by atoms with E-state index in [4.69, 9.17) is 5.11 Å². The molecule has 0 spiro atoms. The number of aromatic nitrogens is 2. The van der Waals surface area contributed by atoms with E-state index in [0.717, 1.165) is 17.0 Å². The lowest BCUT2D eigenvalue weighted by Gasteiger charge is -2.26. The monoisotopic (exact) mass is 343 g/mol. The van der Waals surface area contributed by atoms with Crippen LogP contribution < -0.4 is 0 Å². The molecule has 1 aromatic heterocycles. The van der Waals surface area contributed by atoms with Crippen molar-refractivity contribution in [2.45, 2.75) is 46.7 Å². The van der Waals surface area contributed by atoms with E-state index in [0.29, 0.717) is 12.1 Å². The zero-order chi connectivity index (χ0) is 18.6. The number of hydrogen-bond donors (Lipinski definition) is 1. The number of carbonyl (C=O) groups is 2. The van der Waals surface area contributed by atoms with Gasteiger partial charge in [0.25, 0.3) is 5.91 Å². The smallest absolute Gasteiger partial charge is 0.305 e. The second-order valence-electron chi connectivity index (χ2n) is 6.52. The van der Waals surface area contributed by atoms with Gasteiger partial charge in [0.05, 0.1) is 18.7 Å². The van der Waals surface area contributed by atoms with Crippen LogP contribution in [0.2, 0.25) is 0 Å². The molecule has 25 heavy (non-hydrogen) atoms. The van der Waals surface area contributed by atoms with Gasteiger partial charge < -0.3 is 10.0 Å². The molecule has 1 amide bonds. The molecule has 0 fully saturated rings. The fraction of sp³-hybridized carbons (Fsp3) is 0.421. The molecule has 0 unspecified atom stereocenters. The Bertz CT molecular complexity index is 765. The predicted octanol–water partition coefficient (Wildman–Crippen LogP) is 2.87. The minimum Gasteiger partial charge on any atom is -0.481 e. The predicted molar refractivity (Wildman–Crippen MR) is 95.7 cm³/mol. The summed E-state index contributed by atoms with van der Waals surface area (Å²) in [6.07, 6.45) is -0.0601. The molecule has 6 nitrogen and oxygen atoms in total. The van der Waals surface area contributed by atoms with E-state index in [9.17, 15) is 9.59 Å². The second-order valence-corrected chi connectivity index (χ2v) is 6.52. The lowest BCUT2D eigenvalue weighted by molar-refractivity contribution is -0.137. The van der Waals surface area contributed by atoms with E-state index >= 15 is 0 Å². The number of hydrogen-bond acceptors (Lipinski definition) is 3. The summed E-state index contributed by atoms with van der Waals surface area (Å²) >= 11 is 0. The summed E-state index contributed by atoms with van der Waals surface area (Å²) in [5, 5.41) is 13.3. The van der Waals surface area contributed by atoms with Crippen molar-refractivity contribution < 1.29 is 14.7 Å². The highest BCUT2D eigenvalue weighted by atomic mass is 16.4. The number of nitrogens with zero attached hydrogens (tertiary/aromatic N) is 3. The molecule has 1 N–H and O–H groups in total. The molecule has 0 atom stereocenters. The summed E-state index contributed by atoms with van der Waals surface area (Å²) < 4.78 is 1.91. The highest BCUT2D eigenvalue weighted by Crippen LogP contribution is 2.14. The van der Waals surface area contributed by atoms with E-state index in [1.54, 1.807) is 11.0 Å². The van der Waals surface area contributed by atoms with E-state index < -0.39 is 5.97 Å². The number of carboxylic acid groups (broad SMARTS) is 1. The Morgan fingerprint density at radius 3 is 2.52 bits per heavy atom. The first-order valence-corrected chi connectivity index (χ1v) is 8.40. The van der Waals surface area contributed by atoms with Crippen molar-refractivity contribution in [2.75, 3.05) is 6.54 Å². The van der Waals surface area contributed by atoms with Crippen LogP contribution in [0.4, 0.5) is 0 Å². The molecule has 2 aromatic rings. The SMILES string of the molecule is Cc1cc(C)n(Cc2cccc(C(=O)N(CCC(=O)O)C(C)C)c2)n1. The molecular weight excluding hydrogens is 318 g/mol. The highest BCUT2D eigenvalue weighted by Gasteiger charge is 2.20. The lowest BCUT2D eigenvalue weighted by atomic mass is 10.1. The molecule has 2 rings (SSSR count). The first kappa shape index (κ1) is 18.7. The van der Waals surface area contributed by atoms with Gasteiger partial charge in [-0.25, -0.2) is 0 Å². The maximum Gasteiger partial charge on any atom is 0.305 e. The molecule has 1 aromatic carbocycles. The van der Waals surface area contributed by atoms with Crippen LogP contribution in [0.25, 0.3) is 0 Å². The third kappa shape index (κ3) is 4.92. The standard InChI is InChI=1S/C19H25N3O3/c1-13(2)21(9-8-18(23)24)19(25)17-7-5-6-16(11-17)12-22-15(4)10-14(3)20-22/h5-7,10-11,13H,8-9,12H2,1-4H3,(H,23,24). The zero-order valence-corrected chi connectivity index (χ0v) is 15.2. The van der Waals surface area contributed by atoms with Gasteiger partial charge in [-0.1, -0.05) is 12.1 Å². The number of aliphatic carboxylic acids is 1. The summed E-state index contributed by atoms with van der Waals surface area (Å²) in [5.74, 6) is -1.05. The van der Waals surface area contributed by atoms with Crippen molar-refractivity contribution in [1.29, 1.82) is 0 Å². The van der Waals surface area contributed by atoms with Gasteiger partial charge in [-0.05, 0) is 51.5 Å². The number of carbonyl (C=O) groups excluding carboxylic acids is 1. The van der Waals surface area contributed by atoms with Crippen molar-refractivity contribution in [3.8, 4) is 0 Å². The number of amides is 1. The largest absolute Gasteiger partial charge is 0.481 e. The van der Waals surface area contributed by atoms with Crippen LogP contribution in [0.1, 0.15) is 47.6 Å². The van der Waals surface area contributed by atoms with Crippen LogP contribution in [0, 0.1) is 13.8 Å². The van der Waals surface area contributed by atoms with Crippen molar-refractivity contribution >= 4 is 11.9 Å². The Hall–Kier alpha value is -2.63. The van der Waals surface area contributed by atoms with Gasteiger partial charge in [0.2, 0.25) is 0 Å². The third-order valence-corrected chi connectivity index (χ3v) is 4.06. The van der Waals surface area contributed by atoms with E-state index in [-0.39, 0.29) is 24.9 Å². The van der Waals surface area contributed by atoms with Gasteiger partial charge in [0.1, 0.15) is 0 Å². The van der Waals surface area contributed by atoms with Gasteiger partial charge in [0.15, 0.2) is 0 Å². The fourth-order valence-electron chi connectivity index (χ4n) is 2.79. The number of aryl methyl sites for hydroxylation is 2. The summed E-state index contributed by atoms with van der Waals surface area (Å²) in [6.45, 7) is 8.53. The van der Waals surface area contributed by atoms with Crippen molar-refractivity contribution in [3.63, 3.8) is 0 Å². The first-order chi connectivity index (χ1) is 11.8. The first-order valence-electron chi connectivity index (χ1n) is 8.40. The average molecular weight is 343 g/mol. The number of benzene rings is 1. The molecule has 0 saturated heterocycles. The molecule has 0 bridgehead atoms. The molecule has 0 aliphatic rings. The molecule has 0 aliphatic heterocycles. The Labute approximate surface area is 148 Å². The maximum absolute atomic E-state index is 12.8. The van der Waals surface area contributed by atoms with Crippen LogP contribution in [-0.2, 0) is 11.3 Å². The Kier molecular flexibility index (Phi) is 5.96. The topological polar surface area (TPSA) is 75.4 Å². The minimum atomic E-state index is -0.906. The Morgan fingerprint density at radius 2 is 1.96 bits per heavy atom. The van der Waals surface area contributed by atoms with Crippen LogP contribution in [0.5, 0.6) is 0 Å². The maximum atomic E-state index is 12.8. The lowest BCUT2D eigenvalue weighted by Crippen LogP contribution is -2.38. The molecule has 0 radical (unpaired) electrons. The molecular formula is C19H25N3O3. The highest BCUT2D eigenvalue weighted by molar-refractivity contribution is 5.94. The van der Waals surface area contributed by atoms with E-state index in [2.05, 4.69) is 5.10 Å². The summed E-state index contributed by atoms with van der Waals surface area (Å²) in [6, 6.07) is 9.39. The quantitative estimate of drug-likeness (QED) is 0.839. The molecule has 0 saturated carbocycles. The van der Waals surface area contributed by atoms with Gasteiger partial charge in [-0.3, -0.25) is 14.3 Å². The molecule has 1 heterocycles. The van der Waals surface area contributed by atoms with Gasteiger partial charge >= 0.3 is 5.97 Å². The fourth-order valence-corrected chi connectivity index (χ4v) is 2.79. The van der Waals surface area contributed by atoms with Gasteiger partial charge in [-0.15, -0.1) is 0 Å². The second kappa shape index (κ2) is 7.96. The van der Waals surface area contributed by atoms with Crippen molar-refractivity contribution in [1.82, 2.24) is 14.7 Å². The van der Waals surface area contributed by atoms with Gasteiger partial charge in [0, 0.05) is 23.8 Å². The molecule has 134 valence electrons. The molecule has 0 aliphatic carbocycles. The van der Waals surface area contributed by atoms with Crippen LogP contribution in [0.3, 0.4) is 0 Å². The Morgan fingerprint density at radius 1 is 1.24 bits per heavy atom.